The van der Waals surface area contributed by atoms with Gasteiger partial charge in [-0.1, -0.05) is 85.0 Å². The number of esters is 2. The van der Waals surface area contributed by atoms with Gasteiger partial charge in [-0.3, -0.25) is 9.59 Å². The maximum Gasteiger partial charge on any atom is 0.306 e. The van der Waals surface area contributed by atoms with Crippen molar-refractivity contribution in [1.82, 2.24) is 0 Å². The van der Waals surface area contributed by atoms with Crippen LogP contribution in [-0.2, 0) is 19.1 Å². The van der Waals surface area contributed by atoms with E-state index in [9.17, 15) is 9.59 Å². The molecule has 0 aromatic carbocycles. The SMILES string of the molecule is CCCCCCCCCCCCCOC(=O)CCC(=O)OC(C)CCC(C)C. The lowest BCUT2D eigenvalue weighted by Crippen LogP contribution is -2.17. The fourth-order valence-electron chi connectivity index (χ4n) is 3.14. The molecule has 0 aromatic heterocycles. The third-order valence-corrected chi connectivity index (χ3v) is 5.03. The molecule has 166 valence electrons. The van der Waals surface area contributed by atoms with Crippen LogP contribution >= 0.6 is 0 Å². The van der Waals surface area contributed by atoms with Crippen molar-refractivity contribution in [2.24, 2.45) is 5.92 Å². The number of ether oxygens (including phenoxy) is 2. The van der Waals surface area contributed by atoms with Gasteiger partial charge < -0.3 is 9.47 Å². The summed E-state index contributed by atoms with van der Waals surface area (Å²) in [6.45, 7) is 8.93. The minimum absolute atomic E-state index is 0.0812. The Hall–Kier alpha value is -1.06. The van der Waals surface area contributed by atoms with Crippen molar-refractivity contribution in [2.75, 3.05) is 6.61 Å². The van der Waals surface area contributed by atoms with E-state index in [4.69, 9.17) is 9.47 Å². The Kier molecular flexibility index (Phi) is 18.5. The van der Waals surface area contributed by atoms with E-state index >= 15 is 0 Å². The first-order chi connectivity index (χ1) is 13.5. The molecular formula is C24H46O4. The van der Waals surface area contributed by atoms with Crippen LogP contribution in [0.2, 0.25) is 0 Å². The average molecular weight is 399 g/mol. The van der Waals surface area contributed by atoms with Crippen LogP contribution in [0.15, 0.2) is 0 Å². The Morgan fingerprint density at radius 2 is 1.18 bits per heavy atom. The second kappa shape index (κ2) is 19.3. The van der Waals surface area contributed by atoms with Gasteiger partial charge in [-0.25, -0.2) is 0 Å². The number of carbonyl (C=O) groups is 2. The number of carbonyl (C=O) groups excluding carboxylic acids is 2. The minimum atomic E-state index is -0.303. The Bertz CT molecular complexity index is 379. The van der Waals surface area contributed by atoms with Gasteiger partial charge in [0.05, 0.1) is 25.6 Å². The quantitative estimate of drug-likeness (QED) is 0.174. The van der Waals surface area contributed by atoms with Gasteiger partial charge in [0.25, 0.3) is 0 Å². The summed E-state index contributed by atoms with van der Waals surface area (Å²) in [6.07, 6.45) is 16.1. The molecule has 0 bridgehead atoms. The lowest BCUT2D eigenvalue weighted by Gasteiger charge is -2.14. The monoisotopic (exact) mass is 398 g/mol. The second-order valence-electron chi connectivity index (χ2n) is 8.53. The van der Waals surface area contributed by atoms with E-state index in [1.807, 2.05) is 6.92 Å². The molecule has 28 heavy (non-hydrogen) atoms. The second-order valence-corrected chi connectivity index (χ2v) is 8.53. The molecule has 0 N–H and O–H groups in total. The van der Waals surface area contributed by atoms with Gasteiger partial charge in [0.2, 0.25) is 0 Å². The number of rotatable bonds is 19. The van der Waals surface area contributed by atoms with Gasteiger partial charge in [0.1, 0.15) is 0 Å². The van der Waals surface area contributed by atoms with E-state index in [0.717, 1.165) is 25.7 Å². The summed E-state index contributed by atoms with van der Waals surface area (Å²) in [5.41, 5.74) is 0. The highest BCUT2D eigenvalue weighted by atomic mass is 16.5. The Morgan fingerprint density at radius 3 is 1.71 bits per heavy atom. The van der Waals surface area contributed by atoms with Crippen molar-refractivity contribution >= 4 is 11.9 Å². The van der Waals surface area contributed by atoms with E-state index in [1.165, 1.54) is 57.8 Å². The van der Waals surface area contributed by atoms with Gasteiger partial charge in [-0.15, -0.1) is 0 Å². The highest BCUT2D eigenvalue weighted by Gasteiger charge is 2.13. The van der Waals surface area contributed by atoms with Crippen molar-refractivity contribution < 1.29 is 19.1 Å². The van der Waals surface area contributed by atoms with Gasteiger partial charge in [0, 0.05) is 0 Å². The molecule has 0 aromatic rings. The molecule has 0 amide bonds. The zero-order valence-electron chi connectivity index (χ0n) is 19.1. The van der Waals surface area contributed by atoms with Crippen molar-refractivity contribution in [3.8, 4) is 0 Å². The van der Waals surface area contributed by atoms with Crippen molar-refractivity contribution in [3.05, 3.63) is 0 Å². The normalized spacial score (nSPS) is 12.2. The first-order valence-electron chi connectivity index (χ1n) is 11.8. The van der Waals surface area contributed by atoms with E-state index in [-0.39, 0.29) is 30.9 Å². The van der Waals surface area contributed by atoms with Gasteiger partial charge in [0.15, 0.2) is 0 Å². The third kappa shape index (κ3) is 19.7. The average Bonchev–Trinajstić information content (AvgIpc) is 2.65. The topological polar surface area (TPSA) is 52.6 Å². The van der Waals surface area contributed by atoms with Crippen LogP contribution in [0.25, 0.3) is 0 Å². The maximum absolute atomic E-state index is 11.7. The summed E-state index contributed by atoms with van der Waals surface area (Å²) in [5.74, 6) is 0.00782. The van der Waals surface area contributed by atoms with Crippen LogP contribution < -0.4 is 0 Å². The number of hydrogen-bond donors (Lipinski definition) is 0. The lowest BCUT2D eigenvalue weighted by molar-refractivity contribution is -0.153. The third-order valence-electron chi connectivity index (χ3n) is 5.03. The molecule has 0 aliphatic heterocycles. The molecule has 0 aliphatic rings. The molecule has 1 atom stereocenters. The summed E-state index contributed by atoms with van der Waals surface area (Å²) in [4.78, 5) is 23.4. The summed E-state index contributed by atoms with van der Waals surface area (Å²) in [6, 6.07) is 0. The largest absolute Gasteiger partial charge is 0.466 e. The van der Waals surface area contributed by atoms with Crippen molar-refractivity contribution in [1.29, 1.82) is 0 Å². The number of hydrogen-bond acceptors (Lipinski definition) is 4. The molecule has 0 radical (unpaired) electrons. The predicted octanol–water partition coefficient (Wildman–Crippen LogP) is 6.99. The molecule has 0 heterocycles. The maximum atomic E-state index is 11.7. The summed E-state index contributed by atoms with van der Waals surface area (Å²) >= 11 is 0. The number of unbranched alkanes of at least 4 members (excludes halogenated alkanes) is 10. The predicted molar refractivity (Wildman–Crippen MR) is 116 cm³/mol. The summed E-state index contributed by atoms with van der Waals surface area (Å²) in [7, 11) is 0. The zero-order chi connectivity index (χ0) is 21.0. The molecule has 0 fully saturated rings. The van der Waals surface area contributed by atoms with Crippen molar-refractivity contribution in [2.45, 2.75) is 130 Å². The van der Waals surface area contributed by atoms with Gasteiger partial charge in [-0.05, 0) is 32.1 Å². The first-order valence-corrected chi connectivity index (χ1v) is 11.8. The highest BCUT2D eigenvalue weighted by molar-refractivity contribution is 5.77. The summed E-state index contributed by atoms with van der Waals surface area (Å²) < 4.78 is 10.5. The Labute approximate surface area is 174 Å². The smallest absolute Gasteiger partial charge is 0.306 e. The minimum Gasteiger partial charge on any atom is -0.466 e. The van der Waals surface area contributed by atoms with Crippen LogP contribution in [0.4, 0.5) is 0 Å². The Morgan fingerprint density at radius 1 is 0.679 bits per heavy atom. The van der Waals surface area contributed by atoms with E-state index in [1.54, 1.807) is 0 Å². The van der Waals surface area contributed by atoms with E-state index in [2.05, 4.69) is 20.8 Å². The van der Waals surface area contributed by atoms with Crippen LogP contribution in [-0.4, -0.2) is 24.6 Å². The molecule has 0 saturated carbocycles. The molecule has 4 heteroatoms. The Balaban J connectivity index is 3.42. The molecule has 0 spiro atoms. The molecular weight excluding hydrogens is 352 g/mol. The van der Waals surface area contributed by atoms with Gasteiger partial charge >= 0.3 is 11.9 Å². The first kappa shape index (κ1) is 26.9. The van der Waals surface area contributed by atoms with Crippen LogP contribution in [0.3, 0.4) is 0 Å². The molecule has 1 unspecified atom stereocenters. The molecule has 0 aliphatic carbocycles. The lowest BCUT2D eigenvalue weighted by atomic mass is 10.1. The van der Waals surface area contributed by atoms with Crippen LogP contribution in [0.1, 0.15) is 124 Å². The fraction of sp³-hybridized carbons (Fsp3) is 0.917. The highest BCUT2D eigenvalue weighted by Crippen LogP contribution is 2.12. The standard InChI is InChI=1S/C24H46O4/c1-5-6-7-8-9-10-11-12-13-14-15-20-27-23(25)18-19-24(26)28-22(4)17-16-21(2)3/h21-22H,5-20H2,1-4H3. The molecule has 4 nitrogen and oxygen atoms in total. The molecule has 0 saturated heterocycles. The van der Waals surface area contributed by atoms with E-state index < -0.39 is 0 Å². The van der Waals surface area contributed by atoms with E-state index in [0.29, 0.717) is 12.5 Å². The van der Waals surface area contributed by atoms with Crippen molar-refractivity contribution in [3.63, 3.8) is 0 Å². The fourth-order valence-corrected chi connectivity index (χ4v) is 3.14. The van der Waals surface area contributed by atoms with Crippen LogP contribution in [0.5, 0.6) is 0 Å². The molecule has 0 rings (SSSR count). The summed E-state index contributed by atoms with van der Waals surface area (Å²) in [5, 5.41) is 0. The van der Waals surface area contributed by atoms with Gasteiger partial charge in [-0.2, -0.15) is 0 Å². The van der Waals surface area contributed by atoms with Crippen LogP contribution in [0, 0.1) is 5.92 Å². The zero-order valence-corrected chi connectivity index (χ0v) is 19.1.